The third-order valence-electron chi connectivity index (χ3n) is 3.55. The standard InChI is InChI=1S/C19H14N4O2/c1-2-6-16(7-3-1)24-13-18-22-19(25-23-18)15-8-9-17(21-12-15)14-5-4-10-20-11-14/h1-12H,13H2. The maximum absolute atomic E-state index is 5.61. The molecule has 0 atom stereocenters. The van der Waals surface area contributed by atoms with E-state index in [2.05, 4.69) is 20.1 Å². The van der Waals surface area contributed by atoms with Gasteiger partial charge in [0.25, 0.3) is 5.89 Å². The van der Waals surface area contributed by atoms with E-state index < -0.39 is 0 Å². The van der Waals surface area contributed by atoms with Crippen LogP contribution in [0.3, 0.4) is 0 Å². The van der Waals surface area contributed by atoms with Gasteiger partial charge in [0.05, 0.1) is 11.3 Å². The predicted octanol–water partition coefficient (Wildman–Crippen LogP) is 3.77. The molecular formula is C19H14N4O2. The third-order valence-corrected chi connectivity index (χ3v) is 3.55. The summed E-state index contributed by atoms with van der Waals surface area (Å²) in [6.45, 7) is 0.245. The van der Waals surface area contributed by atoms with E-state index in [1.165, 1.54) is 0 Å². The van der Waals surface area contributed by atoms with E-state index >= 15 is 0 Å². The Kier molecular flexibility index (Phi) is 4.16. The topological polar surface area (TPSA) is 73.9 Å². The van der Waals surface area contributed by atoms with Crippen LogP contribution in [0.25, 0.3) is 22.7 Å². The molecule has 1 aromatic carbocycles. The lowest BCUT2D eigenvalue weighted by Gasteiger charge is -2.01. The fourth-order valence-electron chi connectivity index (χ4n) is 2.30. The van der Waals surface area contributed by atoms with Crippen LogP contribution in [0.4, 0.5) is 0 Å². The van der Waals surface area contributed by atoms with Crippen molar-refractivity contribution in [2.75, 3.05) is 0 Å². The van der Waals surface area contributed by atoms with Gasteiger partial charge in [-0.05, 0) is 36.4 Å². The van der Waals surface area contributed by atoms with Gasteiger partial charge in [0.2, 0.25) is 5.82 Å². The Hall–Kier alpha value is -3.54. The number of rotatable bonds is 5. The molecule has 4 aromatic rings. The summed E-state index contributed by atoms with van der Waals surface area (Å²) in [5.74, 6) is 1.66. The fraction of sp³-hybridized carbons (Fsp3) is 0.0526. The van der Waals surface area contributed by atoms with Crippen LogP contribution < -0.4 is 4.74 Å². The molecule has 0 radical (unpaired) electrons. The molecule has 4 rings (SSSR count). The van der Waals surface area contributed by atoms with Gasteiger partial charge in [0, 0.05) is 24.2 Å². The van der Waals surface area contributed by atoms with E-state index in [0.717, 1.165) is 22.6 Å². The first kappa shape index (κ1) is 15.0. The van der Waals surface area contributed by atoms with Crippen LogP contribution >= 0.6 is 0 Å². The number of hydrogen-bond donors (Lipinski definition) is 0. The maximum Gasteiger partial charge on any atom is 0.259 e. The van der Waals surface area contributed by atoms with Crippen LogP contribution in [0.5, 0.6) is 5.75 Å². The van der Waals surface area contributed by atoms with Crippen LogP contribution in [-0.4, -0.2) is 20.1 Å². The molecule has 0 amide bonds. The lowest BCUT2D eigenvalue weighted by Crippen LogP contribution is -1.97. The van der Waals surface area contributed by atoms with Crippen molar-refractivity contribution in [1.82, 2.24) is 20.1 Å². The van der Waals surface area contributed by atoms with Crippen molar-refractivity contribution in [2.45, 2.75) is 6.61 Å². The number of ether oxygens (including phenoxy) is 1. The molecule has 0 saturated carbocycles. The SMILES string of the molecule is c1ccc(OCc2noc(-c3ccc(-c4cccnc4)nc3)n2)cc1. The van der Waals surface area contributed by atoms with Crippen molar-refractivity contribution in [3.05, 3.63) is 79.0 Å². The van der Waals surface area contributed by atoms with Gasteiger partial charge in [-0.2, -0.15) is 4.98 Å². The van der Waals surface area contributed by atoms with Crippen molar-refractivity contribution < 1.29 is 9.26 Å². The van der Waals surface area contributed by atoms with Crippen molar-refractivity contribution >= 4 is 0 Å². The number of nitrogens with zero attached hydrogens (tertiary/aromatic N) is 4. The zero-order valence-electron chi connectivity index (χ0n) is 13.2. The normalized spacial score (nSPS) is 10.6. The van der Waals surface area contributed by atoms with E-state index in [4.69, 9.17) is 9.26 Å². The lowest BCUT2D eigenvalue weighted by atomic mass is 10.1. The van der Waals surface area contributed by atoms with Crippen LogP contribution in [0.1, 0.15) is 5.82 Å². The number of para-hydroxylation sites is 1. The second-order valence-corrected chi connectivity index (χ2v) is 5.29. The average molecular weight is 330 g/mol. The molecule has 0 aliphatic heterocycles. The molecule has 25 heavy (non-hydrogen) atoms. The first-order valence-corrected chi connectivity index (χ1v) is 7.76. The van der Waals surface area contributed by atoms with E-state index in [-0.39, 0.29) is 6.61 Å². The molecule has 6 nitrogen and oxygen atoms in total. The van der Waals surface area contributed by atoms with Gasteiger partial charge >= 0.3 is 0 Å². The lowest BCUT2D eigenvalue weighted by molar-refractivity contribution is 0.287. The molecule has 0 N–H and O–H groups in total. The maximum atomic E-state index is 5.61. The molecule has 122 valence electrons. The number of benzene rings is 1. The van der Waals surface area contributed by atoms with Crippen molar-refractivity contribution in [3.8, 4) is 28.5 Å². The molecule has 3 aromatic heterocycles. The summed E-state index contributed by atoms with van der Waals surface area (Å²) in [5.41, 5.74) is 2.55. The summed E-state index contributed by atoms with van der Waals surface area (Å²) in [6, 6.07) is 17.1. The van der Waals surface area contributed by atoms with Gasteiger partial charge in [-0.15, -0.1) is 0 Å². The predicted molar refractivity (Wildman–Crippen MR) is 91.5 cm³/mol. The Morgan fingerprint density at radius 2 is 1.80 bits per heavy atom. The highest BCUT2D eigenvalue weighted by molar-refractivity contribution is 5.61. The minimum Gasteiger partial charge on any atom is -0.485 e. The van der Waals surface area contributed by atoms with E-state index in [1.807, 2.05) is 54.6 Å². The number of pyridine rings is 2. The summed E-state index contributed by atoms with van der Waals surface area (Å²) in [6.07, 6.45) is 5.21. The molecule has 0 aliphatic carbocycles. The first-order chi connectivity index (χ1) is 12.4. The third kappa shape index (κ3) is 3.53. The summed E-state index contributed by atoms with van der Waals surface area (Å²) < 4.78 is 10.9. The largest absolute Gasteiger partial charge is 0.485 e. The Bertz CT molecular complexity index is 938. The Morgan fingerprint density at radius 1 is 0.880 bits per heavy atom. The molecule has 0 fully saturated rings. The molecule has 0 spiro atoms. The Balaban J connectivity index is 1.46. The van der Waals surface area contributed by atoms with Gasteiger partial charge in [-0.1, -0.05) is 23.4 Å². The molecular weight excluding hydrogens is 316 g/mol. The summed E-state index contributed by atoms with van der Waals surface area (Å²) >= 11 is 0. The first-order valence-electron chi connectivity index (χ1n) is 7.76. The second kappa shape index (κ2) is 6.92. The molecule has 3 heterocycles. The smallest absolute Gasteiger partial charge is 0.259 e. The molecule has 0 unspecified atom stereocenters. The van der Waals surface area contributed by atoms with Crippen molar-refractivity contribution in [2.24, 2.45) is 0 Å². The van der Waals surface area contributed by atoms with Gasteiger partial charge < -0.3 is 9.26 Å². The summed E-state index contributed by atoms with van der Waals surface area (Å²) in [7, 11) is 0. The van der Waals surface area contributed by atoms with E-state index in [1.54, 1.807) is 18.6 Å². The van der Waals surface area contributed by atoms with Crippen LogP contribution in [0.15, 0.2) is 77.7 Å². The quantitative estimate of drug-likeness (QED) is 0.554. The van der Waals surface area contributed by atoms with E-state index in [0.29, 0.717) is 11.7 Å². The average Bonchev–Trinajstić information content (AvgIpc) is 3.17. The van der Waals surface area contributed by atoms with Crippen LogP contribution in [0.2, 0.25) is 0 Å². The van der Waals surface area contributed by atoms with Gasteiger partial charge in [0.15, 0.2) is 6.61 Å². The monoisotopic (exact) mass is 330 g/mol. The van der Waals surface area contributed by atoms with Crippen LogP contribution in [0, 0.1) is 0 Å². The Labute approximate surface area is 144 Å². The van der Waals surface area contributed by atoms with Gasteiger partial charge in [0.1, 0.15) is 5.75 Å². The molecule has 0 aliphatic rings. The van der Waals surface area contributed by atoms with Crippen LogP contribution in [-0.2, 0) is 6.61 Å². The highest BCUT2D eigenvalue weighted by Crippen LogP contribution is 2.21. The zero-order valence-corrected chi connectivity index (χ0v) is 13.2. The van der Waals surface area contributed by atoms with E-state index in [9.17, 15) is 0 Å². The van der Waals surface area contributed by atoms with Crippen molar-refractivity contribution in [3.63, 3.8) is 0 Å². The highest BCUT2D eigenvalue weighted by atomic mass is 16.5. The minimum absolute atomic E-state index is 0.245. The fourth-order valence-corrected chi connectivity index (χ4v) is 2.30. The molecule has 6 heteroatoms. The van der Waals surface area contributed by atoms with Crippen molar-refractivity contribution in [1.29, 1.82) is 0 Å². The zero-order chi connectivity index (χ0) is 16.9. The van der Waals surface area contributed by atoms with Gasteiger partial charge in [-0.25, -0.2) is 0 Å². The molecule has 0 bridgehead atoms. The summed E-state index contributed by atoms with van der Waals surface area (Å²) in [5, 5.41) is 3.94. The number of aromatic nitrogens is 4. The van der Waals surface area contributed by atoms with Gasteiger partial charge in [-0.3, -0.25) is 9.97 Å². The summed E-state index contributed by atoms with van der Waals surface area (Å²) in [4.78, 5) is 12.9. The Morgan fingerprint density at radius 3 is 2.56 bits per heavy atom. The molecule has 0 saturated heterocycles. The second-order valence-electron chi connectivity index (χ2n) is 5.29. The minimum atomic E-state index is 0.245. The highest BCUT2D eigenvalue weighted by Gasteiger charge is 2.10. The number of hydrogen-bond acceptors (Lipinski definition) is 6.